The van der Waals surface area contributed by atoms with Gasteiger partial charge in [-0.3, -0.25) is 0 Å². The standard InChI is InChI=1S/C13H21BrN2OS/c1-8-6-10(12(15)11(14)7-8)9(2)16-18(17)13(3,4)5/h6-7,9,16H,15H2,1-5H3/t9-,18-/m1/s1. The summed E-state index contributed by atoms with van der Waals surface area (Å²) in [6.07, 6.45) is 0. The van der Waals surface area contributed by atoms with Gasteiger partial charge in [0.25, 0.3) is 0 Å². The Bertz CT molecular complexity index is 432. The third-order valence-corrected chi connectivity index (χ3v) is 4.95. The van der Waals surface area contributed by atoms with Crippen LogP contribution in [0.5, 0.6) is 0 Å². The van der Waals surface area contributed by atoms with Crippen LogP contribution in [0.4, 0.5) is 5.69 Å². The Kier molecular flexibility index (Phi) is 5.12. The molecule has 0 saturated heterocycles. The van der Waals surface area contributed by atoms with E-state index in [1.54, 1.807) is 0 Å². The van der Waals surface area contributed by atoms with Crippen molar-refractivity contribution in [1.82, 2.24) is 4.72 Å². The lowest BCUT2D eigenvalue weighted by molar-refractivity contribution is 0.531. The molecule has 2 atom stereocenters. The first-order chi connectivity index (χ1) is 8.12. The topological polar surface area (TPSA) is 61.1 Å². The van der Waals surface area contributed by atoms with Crippen LogP contribution in [-0.4, -0.2) is 9.30 Å². The van der Waals surface area contributed by atoms with Crippen LogP contribution in [0.15, 0.2) is 16.6 Å². The summed E-state index contributed by atoms with van der Waals surface area (Å²) in [6, 6.07) is 3.95. The van der Waals surface area contributed by atoms with Crippen molar-refractivity contribution in [3.05, 3.63) is 27.7 Å². The lowest BCUT2D eigenvalue weighted by atomic mass is 10.0. The van der Waals surface area contributed by atoms with E-state index in [0.29, 0.717) is 5.69 Å². The maximum Gasteiger partial charge on any atom is 0.136 e. The summed E-state index contributed by atoms with van der Waals surface area (Å²) in [7, 11) is 0. The number of rotatable bonds is 3. The van der Waals surface area contributed by atoms with E-state index in [1.807, 2.05) is 46.8 Å². The van der Waals surface area contributed by atoms with Gasteiger partial charge in [0.15, 0.2) is 0 Å². The molecule has 0 heterocycles. The van der Waals surface area contributed by atoms with E-state index in [4.69, 9.17) is 5.73 Å². The number of aryl methyl sites for hydroxylation is 1. The fourth-order valence-corrected chi connectivity index (χ4v) is 2.93. The molecular formula is C13H21BrN2OS. The minimum atomic E-state index is -1.11. The predicted octanol–water partition coefficient (Wildman–Crippen LogP) is 3.45. The Balaban J connectivity index is 2.95. The van der Waals surface area contributed by atoms with Crippen LogP contribution in [0.1, 0.15) is 44.9 Å². The lowest BCUT2D eigenvalue weighted by Gasteiger charge is -2.27. The monoisotopic (exact) mass is 332 g/mol. The van der Waals surface area contributed by atoms with Crippen molar-refractivity contribution in [3.8, 4) is 0 Å². The van der Waals surface area contributed by atoms with Crippen molar-refractivity contribution in [2.75, 3.05) is 5.73 Å². The van der Waals surface area contributed by atoms with E-state index in [9.17, 15) is 4.55 Å². The van der Waals surface area contributed by atoms with Gasteiger partial charge in [-0.1, -0.05) is 6.07 Å². The van der Waals surface area contributed by atoms with Crippen molar-refractivity contribution in [1.29, 1.82) is 0 Å². The van der Waals surface area contributed by atoms with Crippen LogP contribution in [0.25, 0.3) is 0 Å². The molecule has 0 spiro atoms. The first kappa shape index (κ1) is 15.8. The average Bonchev–Trinajstić information content (AvgIpc) is 2.21. The zero-order chi connectivity index (χ0) is 14.1. The molecule has 0 aliphatic rings. The number of nitrogens with two attached hydrogens (primary N) is 1. The highest BCUT2D eigenvalue weighted by Gasteiger charge is 2.29. The molecule has 102 valence electrons. The molecule has 0 radical (unpaired) electrons. The van der Waals surface area contributed by atoms with Gasteiger partial charge < -0.3 is 10.3 Å². The molecule has 1 aromatic rings. The first-order valence-electron chi connectivity index (χ1n) is 5.86. The Morgan fingerprint density at radius 3 is 2.44 bits per heavy atom. The smallest absolute Gasteiger partial charge is 0.136 e. The van der Waals surface area contributed by atoms with Crippen molar-refractivity contribution in [2.45, 2.75) is 45.4 Å². The summed E-state index contributed by atoms with van der Waals surface area (Å²) in [6.45, 7) is 9.82. The fourth-order valence-electron chi connectivity index (χ4n) is 1.54. The van der Waals surface area contributed by atoms with Gasteiger partial charge in [-0.15, -0.1) is 4.72 Å². The molecule has 0 aromatic heterocycles. The average molecular weight is 333 g/mol. The molecule has 0 unspecified atom stereocenters. The van der Waals surface area contributed by atoms with Crippen LogP contribution in [0.3, 0.4) is 0 Å². The van der Waals surface area contributed by atoms with Crippen molar-refractivity contribution in [2.24, 2.45) is 0 Å². The number of anilines is 1. The molecule has 0 amide bonds. The van der Waals surface area contributed by atoms with Crippen LogP contribution in [0.2, 0.25) is 0 Å². The SMILES string of the molecule is Cc1cc(Br)c(N)c([C@@H](C)N[S@+]([O-])C(C)(C)C)c1. The molecule has 0 aliphatic heterocycles. The van der Waals surface area contributed by atoms with Crippen molar-refractivity contribution < 1.29 is 4.55 Å². The van der Waals surface area contributed by atoms with Gasteiger partial charge in [0.2, 0.25) is 0 Å². The van der Waals surface area contributed by atoms with Gasteiger partial charge in [0, 0.05) is 15.8 Å². The maximum atomic E-state index is 12.1. The predicted molar refractivity (Wildman–Crippen MR) is 82.7 cm³/mol. The number of hydrogen-bond acceptors (Lipinski definition) is 3. The van der Waals surface area contributed by atoms with Crippen molar-refractivity contribution >= 4 is 33.0 Å². The normalized spacial score (nSPS) is 15.5. The quantitative estimate of drug-likeness (QED) is 0.658. The van der Waals surface area contributed by atoms with E-state index >= 15 is 0 Å². The summed E-state index contributed by atoms with van der Waals surface area (Å²) in [5.74, 6) is 0. The maximum absolute atomic E-state index is 12.1. The molecule has 1 aromatic carbocycles. The molecule has 3 N–H and O–H groups in total. The first-order valence-corrected chi connectivity index (χ1v) is 7.80. The summed E-state index contributed by atoms with van der Waals surface area (Å²) in [4.78, 5) is 0. The van der Waals surface area contributed by atoms with Crippen LogP contribution in [0, 0.1) is 6.92 Å². The molecular weight excluding hydrogens is 312 g/mol. The molecule has 5 heteroatoms. The fraction of sp³-hybridized carbons (Fsp3) is 0.538. The Hall–Kier alpha value is -0.230. The second-order valence-electron chi connectivity index (χ2n) is 5.47. The Labute approximate surface area is 121 Å². The highest BCUT2D eigenvalue weighted by Crippen LogP contribution is 2.30. The number of nitrogens with one attached hydrogen (secondary N) is 1. The molecule has 18 heavy (non-hydrogen) atoms. The second kappa shape index (κ2) is 5.82. The van der Waals surface area contributed by atoms with Crippen LogP contribution >= 0.6 is 15.9 Å². The summed E-state index contributed by atoms with van der Waals surface area (Å²) in [5.41, 5.74) is 8.85. The van der Waals surface area contributed by atoms with E-state index in [2.05, 4.69) is 20.7 Å². The van der Waals surface area contributed by atoms with Gasteiger partial charge in [-0.2, -0.15) is 0 Å². The lowest BCUT2D eigenvalue weighted by Crippen LogP contribution is -2.40. The molecule has 0 fully saturated rings. The molecule has 1 rings (SSSR count). The molecule has 0 saturated carbocycles. The minimum Gasteiger partial charge on any atom is -0.598 e. The number of hydrogen-bond donors (Lipinski definition) is 2. The number of benzene rings is 1. The third kappa shape index (κ3) is 3.88. The summed E-state index contributed by atoms with van der Waals surface area (Å²) >= 11 is 2.33. The third-order valence-electron chi connectivity index (χ3n) is 2.61. The van der Waals surface area contributed by atoms with Crippen LogP contribution < -0.4 is 10.5 Å². The number of nitrogen functional groups attached to an aromatic ring is 1. The second-order valence-corrected chi connectivity index (χ2v) is 8.32. The van der Waals surface area contributed by atoms with Crippen LogP contribution in [-0.2, 0) is 11.4 Å². The van der Waals surface area contributed by atoms with E-state index < -0.39 is 11.4 Å². The van der Waals surface area contributed by atoms with Gasteiger partial charge in [0.1, 0.15) is 4.75 Å². The molecule has 3 nitrogen and oxygen atoms in total. The summed E-state index contributed by atoms with van der Waals surface area (Å²) < 4.78 is 15.8. The molecule has 0 bridgehead atoms. The van der Waals surface area contributed by atoms with E-state index in [0.717, 1.165) is 15.6 Å². The van der Waals surface area contributed by atoms with Gasteiger partial charge in [-0.25, -0.2) is 0 Å². The highest BCUT2D eigenvalue weighted by atomic mass is 79.9. The molecule has 0 aliphatic carbocycles. The Morgan fingerprint density at radius 2 is 1.94 bits per heavy atom. The van der Waals surface area contributed by atoms with E-state index in [1.165, 1.54) is 0 Å². The van der Waals surface area contributed by atoms with Crippen molar-refractivity contribution in [3.63, 3.8) is 0 Å². The minimum absolute atomic E-state index is 0.0544. The zero-order valence-electron chi connectivity index (χ0n) is 11.5. The zero-order valence-corrected chi connectivity index (χ0v) is 13.9. The van der Waals surface area contributed by atoms with Gasteiger partial charge in [-0.05, 0) is 67.7 Å². The van der Waals surface area contributed by atoms with Gasteiger partial charge >= 0.3 is 0 Å². The van der Waals surface area contributed by atoms with E-state index in [-0.39, 0.29) is 10.8 Å². The highest BCUT2D eigenvalue weighted by molar-refractivity contribution is 9.10. The van der Waals surface area contributed by atoms with Gasteiger partial charge in [0.05, 0.1) is 11.7 Å². The summed E-state index contributed by atoms with van der Waals surface area (Å²) in [5, 5.41) is 0. The number of halogens is 1. The largest absolute Gasteiger partial charge is 0.598 e. The Morgan fingerprint density at radius 1 is 1.39 bits per heavy atom.